The molecule has 0 aliphatic heterocycles. The van der Waals surface area contributed by atoms with Crippen molar-refractivity contribution in [2.75, 3.05) is 12.4 Å². The predicted molar refractivity (Wildman–Crippen MR) is 76.2 cm³/mol. The SMILES string of the molecule is COc1ccc(C)cc1NCc1cccc(C)c1. The Labute approximate surface area is 109 Å². The summed E-state index contributed by atoms with van der Waals surface area (Å²) < 4.78 is 5.35. The van der Waals surface area contributed by atoms with Crippen LogP contribution in [0.2, 0.25) is 0 Å². The van der Waals surface area contributed by atoms with E-state index in [-0.39, 0.29) is 0 Å². The van der Waals surface area contributed by atoms with Gasteiger partial charge in [0.05, 0.1) is 12.8 Å². The van der Waals surface area contributed by atoms with E-state index in [0.717, 1.165) is 18.0 Å². The average molecular weight is 241 g/mol. The molecular weight excluding hydrogens is 222 g/mol. The monoisotopic (exact) mass is 241 g/mol. The summed E-state index contributed by atoms with van der Waals surface area (Å²) in [4.78, 5) is 0. The molecule has 0 bridgehead atoms. The van der Waals surface area contributed by atoms with E-state index in [1.54, 1.807) is 7.11 Å². The van der Waals surface area contributed by atoms with Gasteiger partial charge in [0.25, 0.3) is 0 Å². The average Bonchev–Trinajstić information content (AvgIpc) is 2.37. The van der Waals surface area contributed by atoms with Crippen LogP contribution < -0.4 is 10.1 Å². The Morgan fingerprint density at radius 3 is 2.50 bits per heavy atom. The van der Waals surface area contributed by atoms with Crippen LogP contribution in [0.4, 0.5) is 5.69 Å². The molecule has 94 valence electrons. The van der Waals surface area contributed by atoms with E-state index in [4.69, 9.17) is 4.74 Å². The number of methoxy groups -OCH3 is 1. The summed E-state index contributed by atoms with van der Waals surface area (Å²) in [5, 5.41) is 3.42. The third-order valence-electron chi connectivity index (χ3n) is 2.92. The second kappa shape index (κ2) is 5.58. The van der Waals surface area contributed by atoms with E-state index >= 15 is 0 Å². The zero-order valence-electron chi connectivity index (χ0n) is 11.2. The Bertz CT molecular complexity index is 534. The normalized spacial score (nSPS) is 10.2. The molecule has 0 aliphatic carbocycles. The van der Waals surface area contributed by atoms with Gasteiger partial charge in [-0.3, -0.25) is 0 Å². The number of anilines is 1. The Balaban J connectivity index is 2.12. The highest BCUT2D eigenvalue weighted by Crippen LogP contribution is 2.25. The van der Waals surface area contributed by atoms with Crippen molar-refractivity contribution in [3.8, 4) is 5.75 Å². The van der Waals surface area contributed by atoms with Crippen LogP contribution >= 0.6 is 0 Å². The highest BCUT2D eigenvalue weighted by Gasteiger charge is 2.02. The van der Waals surface area contributed by atoms with Gasteiger partial charge in [-0.05, 0) is 37.1 Å². The Morgan fingerprint density at radius 2 is 1.78 bits per heavy atom. The first kappa shape index (κ1) is 12.5. The van der Waals surface area contributed by atoms with Gasteiger partial charge in [-0.25, -0.2) is 0 Å². The number of ether oxygens (including phenoxy) is 1. The molecule has 0 aliphatic rings. The smallest absolute Gasteiger partial charge is 0.141 e. The van der Waals surface area contributed by atoms with Crippen molar-refractivity contribution < 1.29 is 4.74 Å². The molecular formula is C16H19NO. The van der Waals surface area contributed by atoms with Gasteiger partial charge in [-0.2, -0.15) is 0 Å². The third-order valence-corrected chi connectivity index (χ3v) is 2.92. The molecule has 1 N–H and O–H groups in total. The Morgan fingerprint density at radius 1 is 1.00 bits per heavy atom. The van der Waals surface area contributed by atoms with Crippen molar-refractivity contribution >= 4 is 5.69 Å². The molecule has 0 saturated heterocycles. The maximum atomic E-state index is 5.35. The van der Waals surface area contributed by atoms with Crippen LogP contribution in [0.5, 0.6) is 5.75 Å². The zero-order chi connectivity index (χ0) is 13.0. The molecule has 0 amide bonds. The minimum Gasteiger partial charge on any atom is -0.495 e. The fourth-order valence-electron chi connectivity index (χ4n) is 1.98. The van der Waals surface area contributed by atoms with Crippen LogP contribution in [0, 0.1) is 13.8 Å². The number of rotatable bonds is 4. The molecule has 0 radical (unpaired) electrons. The van der Waals surface area contributed by atoms with Gasteiger partial charge in [-0.15, -0.1) is 0 Å². The molecule has 18 heavy (non-hydrogen) atoms. The summed E-state index contributed by atoms with van der Waals surface area (Å²) in [6, 6.07) is 14.7. The lowest BCUT2D eigenvalue weighted by molar-refractivity contribution is 0.416. The van der Waals surface area contributed by atoms with Crippen LogP contribution in [0.3, 0.4) is 0 Å². The van der Waals surface area contributed by atoms with Crippen molar-refractivity contribution in [3.05, 3.63) is 59.2 Å². The van der Waals surface area contributed by atoms with Gasteiger partial charge in [0.2, 0.25) is 0 Å². The van der Waals surface area contributed by atoms with Gasteiger partial charge in [-0.1, -0.05) is 35.9 Å². The lowest BCUT2D eigenvalue weighted by Gasteiger charge is -2.12. The van der Waals surface area contributed by atoms with Crippen LogP contribution in [0.1, 0.15) is 16.7 Å². The molecule has 0 spiro atoms. The first-order chi connectivity index (χ1) is 8.69. The minimum atomic E-state index is 0.807. The maximum absolute atomic E-state index is 5.35. The lowest BCUT2D eigenvalue weighted by atomic mass is 10.1. The first-order valence-corrected chi connectivity index (χ1v) is 6.13. The van der Waals surface area contributed by atoms with E-state index in [9.17, 15) is 0 Å². The molecule has 2 aromatic rings. The fraction of sp³-hybridized carbons (Fsp3) is 0.250. The lowest BCUT2D eigenvalue weighted by Crippen LogP contribution is -2.01. The molecule has 0 heterocycles. The summed E-state index contributed by atoms with van der Waals surface area (Å²) in [5.74, 6) is 0.883. The summed E-state index contributed by atoms with van der Waals surface area (Å²) in [7, 11) is 1.70. The van der Waals surface area contributed by atoms with Crippen molar-refractivity contribution in [1.82, 2.24) is 0 Å². The van der Waals surface area contributed by atoms with E-state index in [2.05, 4.69) is 55.6 Å². The molecule has 0 aromatic heterocycles. The highest BCUT2D eigenvalue weighted by atomic mass is 16.5. The summed E-state index contributed by atoms with van der Waals surface area (Å²) in [5.41, 5.74) is 4.82. The number of benzene rings is 2. The standard InChI is InChI=1S/C16H19NO/c1-12-5-4-6-14(9-12)11-17-15-10-13(2)7-8-16(15)18-3/h4-10,17H,11H2,1-3H3. The highest BCUT2D eigenvalue weighted by molar-refractivity contribution is 5.58. The zero-order valence-corrected chi connectivity index (χ0v) is 11.2. The van der Waals surface area contributed by atoms with Gasteiger partial charge in [0.1, 0.15) is 5.75 Å². The van der Waals surface area contributed by atoms with Crippen molar-refractivity contribution in [2.24, 2.45) is 0 Å². The van der Waals surface area contributed by atoms with E-state index in [0.29, 0.717) is 0 Å². The molecule has 0 atom stereocenters. The van der Waals surface area contributed by atoms with E-state index in [1.165, 1.54) is 16.7 Å². The molecule has 0 fully saturated rings. The summed E-state index contributed by atoms with van der Waals surface area (Å²) >= 11 is 0. The van der Waals surface area contributed by atoms with Crippen LogP contribution in [-0.4, -0.2) is 7.11 Å². The minimum absolute atomic E-state index is 0.807. The first-order valence-electron chi connectivity index (χ1n) is 6.13. The van der Waals surface area contributed by atoms with E-state index < -0.39 is 0 Å². The Kier molecular flexibility index (Phi) is 3.88. The molecule has 0 saturated carbocycles. The quantitative estimate of drug-likeness (QED) is 0.875. The second-order valence-electron chi connectivity index (χ2n) is 4.55. The van der Waals surface area contributed by atoms with Crippen molar-refractivity contribution in [2.45, 2.75) is 20.4 Å². The summed E-state index contributed by atoms with van der Waals surface area (Å²) in [6.07, 6.45) is 0. The number of nitrogens with one attached hydrogen (secondary N) is 1. The predicted octanol–water partition coefficient (Wildman–Crippen LogP) is 3.92. The fourth-order valence-corrected chi connectivity index (χ4v) is 1.98. The maximum Gasteiger partial charge on any atom is 0.141 e. The van der Waals surface area contributed by atoms with Gasteiger partial charge in [0, 0.05) is 6.54 Å². The summed E-state index contributed by atoms with van der Waals surface area (Å²) in [6.45, 7) is 5.00. The van der Waals surface area contributed by atoms with E-state index in [1.807, 2.05) is 6.07 Å². The van der Waals surface area contributed by atoms with Crippen molar-refractivity contribution in [3.63, 3.8) is 0 Å². The molecule has 0 unspecified atom stereocenters. The van der Waals surface area contributed by atoms with Gasteiger partial charge in [0.15, 0.2) is 0 Å². The van der Waals surface area contributed by atoms with Crippen LogP contribution in [-0.2, 0) is 6.54 Å². The molecule has 2 aromatic carbocycles. The topological polar surface area (TPSA) is 21.3 Å². The molecule has 2 heteroatoms. The molecule has 2 nitrogen and oxygen atoms in total. The van der Waals surface area contributed by atoms with Gasteiger partial charge < -0.3 is 10.1 Å². The van der Waals surface area contributed by atoms with Crippen molar-refractivity contribution in [1.29, 1.82) is 0 Å². The number of hydrogen-bond acceptors (Lipinski definition) is 2. The number of hydrogen-bond donors (Lipinski definition) is 1. The number of aryl methyl sites for hydroxylation is 2. The second-order valence-corrected chi connectivity index (χ2v) is 4.55. The third kappa shape index (κ3) is 3.04. The van der Waals surface area contributed by atoms with Crippen LogP contribution in [0.25, 0.3) is 0 Å². The largest absolute Gasteiger partial charge is 0.495 e. The molecule has 2 rings (SSSR count). The van der Waals surface area contributed by atoms with Gasteiger partial charge >= 0.3 is 0 Å². The Hall–Kier alpha value is -1.96. The van der Waals surface area contributed by atoms with Crippen LogP contribution in [0.15, 0.2) is 42.5 Å².